The van der Waals surface area contributed by atoms with Crippen molar-refractivity contribution in [2.45, 2.75) is 32.2 Å². The summed E-state index contributed by atoms with van der Waals surface area (Å²) in [4.78, 5) is 4.35. The van der Waals surface area contributed by atoms with Crippen molar-refractivity contribution in [1.29, 1.82) is 0 Å². The summed E-state index contributed by atoms with van der Waals surface area (Å²) in [5, 5.41) is 0. The van der Waals surface area contributed by atoms with Gasteiger partial charge in [0.25, 0.3) is 0 Å². The largest absolute Gasteiger partial charge is 0.353 e. The number of hydrogen-bond acceptors (Lipinski definition) is 3. The van der Waals surface area contributed by atoms with Crippen LogP contribution in [0.2, 0.25) is 0 Å². The fraction of sp³-hybridized carbons (Fsp3) is 0.545. The molecule has 1 unspecified atom stereocenters. The lowest BCUT2D eigenvalue weighted by Crippen LogP contribution is -2.22. The molecule has 1 aliphatic heterocycles. The Bertz CT molecular complexity index is 354. The zero-order valence-corrected chi connectivity index (χ0v) is 12.0. The first-order valence-corrected chi connectivity index (χ1v) is 6.88. The molecule has 0 aliphatic carbocycles. The fourth-order valence-electron chi connectivity index (χ4n) is 1.57. The number of pyridine rings is 1. The van der Waals surface area contributed by atoms with Crippen molar-refractivity contribution < 1.29 is 9.47 Å². The maximum Gasteiger partial charge on any atom is 0.158 e. The third-order valence-electron chi connectivity index (χ3n) is 2.43. The van der Waals surface area contributed by atoms with Gasteiger partial charge in [0.05, 0.1) is 12.3 Å². The van der Waals surface area contributed by atoms with Crippen LogP contribution in [0.4, 0.5) is 0 Å². The molecule has 0 spiro atoms. The third kappa shape index (κ3) is 3.52. The van der Waals surface area contributed by atoms with Gasteiger partial charge in [-0.3, -0.25) is 0 Å². The second kappa shape index (κ2) is 6.10. The summed E-state index contributed by atoms with van der Waals surface area (Å²) >= 11 is 6.79. The van der Waals surface area contributed by atoms with Gasteiger partial charge in [0.1, 0.15) is 4.60 Å². The number of hydrogen-bond donors (Lipinski definition) is 0. The number of halogens is 2. The fourth-order valence-corrected chi connectivity index (χ4v) is 2.25. The SMILES string of the molecule is Brc1ccc(Br)c(COC2CCCCO2)n1. The molecule has 88 valence electrons. The van der Waals surface area contributed by atoms with Crippen LogP contribution in [-0.2, 0) is 16.1 Å². The van der Waals surface area contributed by atoms with Crippen LogP contribution >= 0.6 is 31.9 Å². The lowest BCUT2D eigenvalue weighted by atomic mass is 10.2. The average molecular weight is 351 g/mol. The first kappa shape index (κ1) is 12.5. The maximum absolute atomic E-state index is 5.67. The van der Waals surface area contributed by atoms with Gasteiger partial charge >= 0.3 is 0 Å². The predicted molar refractivity (Wildman–Crippen MR) is 68.0 cm³/mol. The molecular formula is C11H13Br2NO2. The van der Waals surface area contributed by atoms with E-state index in [1.54, 1.807) is 0 Å². The van der Waals surface area contributed by atoms with Gasteiger partial charge in [0.2, 0.25) is 0 Å². The summed E-state index contributed by atoms with van der Waals surface area (Å²) < 4.78 is 12.9. The minimum atomic E-state index is -0.0681. The van der Waals surface area contributed by atoms with Crippen LogP contribution in [0, 0.1) is 0 Å². The molecule has 2 rings (SSSR count). The van der Waals surface area contributed by atoms with Gasteiger partial charge in [-0.05, 0) is 63.3 Å². The molecule has 3 nitrogen and oxygen atoms in total. The summed E-state index contributed by atoms with van der Waals surface area (Å²) in [6.45, 7) is 1.28. The summed E-state index contributed by atoms with van der Waals surface area (Å²) in [7, 11) is 0. The molecule has 0 saturated carbocycles. The van der Waals surface area contributed by atoms with Gasteiger partial charge in [0, 0.05) is 11.1 Å². The van der Waals surface area contributed by atoms with Gasteiger partial charge in [-0.15, -0.1) is 0 Å². The van der Waals surface area contributed by atoms with E-state index in [1.165, 1.54) is 6.42 Å². The van der Waals surface area contributed by atoms with Crippen molar-refractivity contribution in [3.05, 3.63) is 26.9 Å². The predicted octanol–water partition coefficient (Wildman–Crippen LogP) is 3.65. The Morgan fingerprint density at radius 1 is 1.38 bits per heavy atom. The Morgan fingerprint density at radius 2 is 2.25 bits per heavy atom. The van der Waals surface area contributed by atoms with Crippen molar-refractivity contribution in [2.24, 2.45) is 0 Å². The summed E-state index contributed by atoms with van der Waals surface area (Å²) in [6.07, 6.45) is 3.23. The van der Waals surface area contributed by atoms with Crippen LogP contribution in [0.1, 0.15) is 25.0 Å². The molecule has 1 aromatic heterocycles. The van der Waals surface area contributed by atoms with E-state index in [0.717, 1.165) is 34.2 Å². The van der Waals surface area contributed by atoms with Crippen molar-refractivity contribution in [2.75, 3.05) is 6.61 Å². The summed E-state index contributed by atoms with van der Waals surface area (Å²) in [6, 6.07) is 3.85. The zero-order chi connectivity index (χ0) is 11.4. The van der Waals surface area contributed by atoms with Crippen LogP contribution < -0.4 is 0 Å². The zero-order valence-electron chi connectivity index (χ0n) is 8.79. The van der Waals surface area contributed by atoms with Gasteiger partial charge in [0.15, 0.2) is 6.29 Å². The molecule has 1 aliphatic rings. The van der Waals surface area contributed by atoms with Gasteiger partial charge in [-0.25, -0.2) is 4.98 Å². The van der Waals surface area contributed by atoms with E-state index in [9.17, 15) is 0 Å². The van der Waals surface area contributed by atoms with Crippen molar-refractivity contribution in [3.8, 4) is 0 Å². The maximum atomic E-state index is 5.67. The monoisotopic (exact) mass is 349 g/mol. The highest BCUT2D eigenvalue weighted by Crippen LogP contribution is 2.21. The Morgan fingerprint density at radius 3 is 3.00 bits per heavy atom. The topological polar surface area (TPSA) is 31.4 Å². The second-order valence-corrected chi connectivity index (χ2v) is 5.34. The first-order valence-electron chi connectivity index (χ1n) is 5.30. The van der Waals surface area contributed by atoms with Crippen molar-refractivity contribution >= 4 is 31.9 Å². The first-order chi connectivity index (χ1) is 7.75. The number of ether oxygens (including phenoxy) is 2. The van der Waals surface area contributed by atoms with Crippen LogP contribution in [0.5, 0.6) is 0 Å². The molecule has 2 heterocycles. The minimum Gasteiger partial charge on any atom is -0.353 e. The highest BCUT2D eigenvalue weighted by molar-refractivity contribution is 9.11. The van der Waals surface area contributed by atoms with Gasteiger partial charge in [-0.2, -0.15) is 0 Å². The Labute approximate surface area is 112 Å². The number of aromatic nitrogens is 1. The molecule has 0 amide bonds. The Kier molecular flexibility index (Phi) is 4.76. The molecule has 0 radical (unpaired) electrons. The van der Waals surface area contributed by atoms with Crippen molar-refractivity contribution in [1.82, 2.24) is 4.98 Å². The molecule has 5 heteroatoms. The average Bonchev–Trinajstić information content (AvgIpc) is 2.32. The second-order valence-electron chi connectivity index (χ2n) is 3.67. The van der Waals surface area contributed by atoms with Crippen LogP contribution in [-0.4, -0.2) is 17.9 Å². The standard InChI is InChI=1S/C11H13Br2NO2/c12-8-4-5-10(13)14-9(8)7-16-11-3-1-2-6-15-11/h4-5,11H,1-3,6-7H2. The van der Waals surface area contributed by atoms with Crippen LogP contribution in [0.25, 0.3) is 0 Å². The van der Waals surface area contributed by atoms with E-state index < -0.39 is 0 Å². The van der Waals surface area contributed by atoms with E-state index in [2.05, 4.69) is 36.8 Å². The minimum absolute atomic E-state index is 0.0681. The van der Waals surface area contributed by atoms with Crippen LogP contribution in [0.15, 0.2) is 21.2 Å². The quantitative estimate of drug-likeness (QED) is 0.780. The lowest BCUT2D eigenvalue weighted by Gasteiger charge is -2.22. The molecule has 1 aromatic rings. The number of rotatable bonds is 3. The highest BCUT2D eigenvalue weighted by atomic mass is 79.9. The Hall–Kier alpha value is 0.0300. The molecule has 0 aromatic carbocycles. The molecule has 0 bridgehead atoms. The van der Waals surface area contributed by atoms with Gasteiger partial charge < -0.3 is 9.47 Å². The van der Waals surface area contributed by atoms with Crippen LogP contribution in [0.3, 0.4) is 0 Å². The summed E-state index contributed by atoms with van der Waals surface area (Å²) in [5.41, 5.74) is 0.892. The van der Waals surface area contributed by atoms with E-state index in [1.807, 2.05) is 12.1 Å². The smallest absolute Gasteiger partial charge is 0.158 e. The molecule has 16 heavy (non-hydrogen) atoms. The summed E-state index contributed by atoms with van der Waals surface area (Å²) in [5.74, 6) is 0. The normalized spacial score (nSPS) is 21.0. The van der Waals surface area contributed by atoms with Gasteiger partial charge in [-0.1, -0.05) is 0 Å². The van der Waals surface area contributed by atoms with E-state index in [4.69, 9.17) is 9.47 Å². The van der Waals surface area contributed by atoms with E-state index >= 15 is 0 Å². The van der Waals surface area contributed by atoms with Crippen molar-refractivity contribution in [3.63, 3.8) is 0 Å². The molecular weight excluding hydrogens is 338 g/mol. The molecule has 1 atom stereocenters. The lowest BCUT2D eigenvalue weighted by molar-refractivity contribution is -0.169. The van der Waals surface area contributed by atoms with E-state index in [-0.39, 0.29) is 6.29 Å². The third-order valence-corrected chi connectivity index (χ3v) is 3.59. The number of nitrogens with zero attached hydrogens (tertiary/aromatic N) is 1. The Balaban J connectivity index is 1.90. The van der Waals surface area contributed by atoms with E-state index in [0.29, 0.717) is 6.61 Å². The molecule has 1 fully saturated rings. The molecule has 1 saturated heterocycles. The molecule has 0 N–H and O–H groups in total. The highest BCUT2D eigenvalue weighted by Gasteiger charge is 2.15.